The molecule has 0 aliphatic carbocycles. The van der Waals surface area contributed by atoms with Crippen LogP contribution < -0.4 is 4.72 Å². The second-order valence-electron chi connectivity index (χ2n) is 4.02. The zero-order valence-corrected chi connectivity index (χ0v) is 11.9. The highest BCUT2D eigenvalue weighted by molar-refractivity contribution is 7.90. The summed E-state index contributed by atoms with van der Waals surface area (Å²) in [5, 5.41) is 8.42. The van der Waals surface area contributed by atoms with Crippen LogP contribution in [0.2, 0.25) is 0 Å². The monoisotopic (exact) mass is 295 g/mol. The van der Waals surface area contributed by atoms with E-state index in [1.807, 2.05) is 0 Å². The predicted molar refractivity (Wildman–Crippen MR) is 69.1 cm³/mol. The van der Waals surface area contributed by atoms with E-state index in [9.17, 15) is 18.0 Å². The molecule has 7 nitrogen and oxygen atoms in total. The standard InChI is InChI=1S/C11H21NO6S/c1-2-18-11(15)9-19(16,17)12-8-6-4-3-5-7-10(13)14/h12H,2-9H2,1H3,(H,13,14). The van der Waals surface area contributed by atoms with Gasteiger partial charge in [0.1, 0.15) is 0 Å². The first-order chi connectivity index (χ1) is 8.87. The fourth-order valence-corrected chi connectivity index (χ4v) is 2.34. The van der Waals surface area contributed by atoms with Gasteiger partial charge in [0.25, 0.3) is 0 Å². The van der Waals surface area contributed by atoms with Gasteiger partial charge in [-0.2, -0.15) is 0 Å². The van der Waals surface area contributed by atoms with Crippen molar-refractivity contribution < 1.29 is 27.9 Å². The van der Waals surface area contributed by atoms with Crippen molar-refractivity contribution in [2.45, 2.75) is 39.0 Å². The largest absolute Gasteiger partial charge is 0.481 e. The Balaban J connectivity index is 3.64. The van der Waals surface area contributed by atoms with Crippen LogP contribution in [0.25, 0.3) is 0 Å². The Morgan fingerprint density at radius 2 is 1.79 bits per heavy atom. The lowest BCUT2D eigenvalue weighted by Gasteiger charge is -2.06. The molecule has 2 N–H and O–H groups in total. The van der Waals surface area contributed by atoms with Gasteiger partial charge in [-0.15, -0.1) is 0 Å². The molecule has 0 aromatic carbocycles. The van der Waals surface area contributed by atoms with Crippen LogP contribution in [0.3, 0.4) is 0 Å². The van der Waals surface area contributed by atoms with Crippen molar-refractivity contribution in [1.29, 1.82) is 0 Å². The van der Waals surface area contributed by atoms with E-state index in [2.05, 4.69) is 9.46 Å². The molecule has 19 heavy (non-hydrogen) atoms. The highest BCUT2D eigenvalue weighted by Gasteiger charge is 2.16. The van der Waals surface area contributed by atoms with Gasteiger partial charge in [0.05, 0.1) is 6.61 Å². The number of nitrogens with one attached hydrogen (secondary N) is 1. The number of hydrogen-bond donors (Lipinski definition) is 2. The van der Waals surface area contributed by atoms with E-state index in [1.165, 1.54) is 0 Å². The molecule has 0 spiro atoms. The minimum absolute atomic E-state index is 0.134. The number of rotatable bonds is 11. The molecule has 0 saturated heterocycles. The lowest BCUT2D eigenvalue weighted by atomic mass is 10.1. The fraction of sp³-hybridized carbons (Fsp3) is 0.818. The quantitative estimate of drug-likeness (QED) is 0.424. The summed E-state index contributed by atoms with van der Waals surface area (Å²) in [5.41, 5.74) is 0. The van der Waals surface area contributed by atoms with Crippen molar-refractivity contribution in [3.05, 3.63) is 0 Å². The minimum atomic E-state index is -3.63. The Bertz CT molecular complexity index is 379. The maximum atomic E-state index is 11.4. The number of esters is 1. The van der Waals surface area contributed by atoms with E-state index < -0.39 is 27.7 Å². The summed E-state index contributed by atoms with van der Waals surface area (Å²) in [6.07, 6.45) is 2.82. The third-order valence-corrected chi connectivity index (χ3v) is 3.51. The summed E-state index contributed by atoms with van der Waals surface area (Å²) >= 11 is 0. The normalized spacial score (nSPS) is 11.2. The molecule has 0 atom stereocenters. The molecule has 0 radical (unpaired) electrons. The zero-order chi connectivity index (χ0) is 14.7. The molecule has 0 saturated carbocycles. The van der Waals surface area contributed by atoms with Crippen molar-refractivity contribution in [3.8, 4) is 0 Å². The fourth-order valence-electron chi connectivity index (χ4n) is 1.39. The van der Waals surface area contributed by atoms with Crippen LogP contribution in [-0.2, 0) is 24.3 Å². The van der Waals surface area contributed by atoms with Crippen LogP contribution in [0.5, 0.6) is 0 Å². The summed E-state index contributed by atoms with van der Waals surface area (Å²) in [5.74, 6) is -2.26. The molecule has 0 aromatic heterocycles. The van der Waals surface area contributed by atoms with Gasteiger partial charge < -0.3 is 9.84 Å². The van der Waals surface area contributed by atoms with E-state index in [0.717, 1.165) is 12.8 Å². The van der Waals surface area contributed by atoms with Crippen LogP contribution in [0.1, 0.15) is 39.0 Å². The summed E-state index contributed by atoms with van der Waals surface area (Å²) in [6.45, 7) is 2.00. The Morgan fingerprint density at radius 1 is 1.16 bits per heavy atom. The first kappa shape index (κ1) is 17.8. The lowest BCUT2D eigenvalue weighted by Crippen LogP contribution is -2.31. The Labute approximate surface area is 113 Å². The van der Waals surface area contributed by atoms with Crippen molar-refractivity contribution >= 4 is 22.0 Å². The van der Waals surface area contributed by atoms with Crippen LogP contribution in [-0.4, -0.2) is 44.4 Å². The van der Waals surface area contributed by atoms with Crippen molar-refractivity contribution in [1.82, 2.24) is 4.72 Å². The van der Waals surface area contributed by atoms with Crippen LogP contribution in [0.4, 0.5) is 0 Å². The summed E-state index contributed by atoms with van der Waals surface area (Å²) < 4.78 is 29.7. The Morgan fingerprint density at radius 3 is 2.37 bits per heavy atom. The number of aliphatic carboxylic acids is 1. The Hall–Kier alpha value is -1.15. The molecule has 8 heteroatoms. The Kier molecular flexibility index (Phi) is 9.15. The highest BCUT2D eigenvalue weighted by atomic mass is 32.2. The molecule has 0 rings (SSSR count). The van der Waals surface area contributed by atoms with E-state index in [4.69, 9.17) is 5.11 Å². The third kappa shape index (κ3) is 11.7. The third-order valence-electron chi connectivity index (χ3n) is 2.25. The molecule has 0 fully saturated rings. The average Bonchev–Trinajstić information content (AvgIpc) is 2.26. The summed E-state index contributed by atoms with van der Waals surface area (Å²) in [7, 11) is -3.63. The van der Waals surface area contributed by atoms with Crippen molar-refractivity contribution in [2.24, 2.45) is 0 Å². The van der Waals surface area contributed by atoms with Gasteiger partial charge in [-0.3, -0.25) is 9.59 Å². The molecular weight excluding hydrogens is 274 g/mol. The SMILES string of the molecule is CCOC(=O)CS(=O)(=O)NCCCCCCC(=O)O. The number of carboxylic acid groups (broad SMARTS) is 1. The molecule has 0 heterocycles. The van der Waals surface area contributed by atoms with E-state index in [1.54, 1.807) is 6.92 Å². The van der Waals surface area contributed by atoms with Gasteiger partial charge in [0.2, 0.25) is 10.0 Å². The molecule has 112 valence electrons. The molecular formula is C11H21NO6S. The molecule has 0 aliphatic rings. The molecule has 0 aliphatic heterocycles. The molecule has 0 unspecified atom stereocenters. The zero-order valence-electron chi connectivity index (χ0n) is 11.1. The van der Waals surface area contributed by atoms with Gasteiger partial charge in [-0.05, 0) is 19.8 Å². The minimum Gasteiger partial charge on any atom is -0.481 e. The van der Waals surface area contributed by atoms with Gasteiger partial charge >= 0.3 is 11.9 Å². The molecule has 0 bridgehead atoms. The van der Waals surface area contributed by atoms with Crippen LogP contribution in [0.15, 0.2) is 0 Å². The second kappa shape index (κ2) is 9.74. The molecule has 0 aromatic rings. The molecule has 0 amide bonds. The smallest absolute Gasteiger partial charge is 0.322 e. The number of carboxylic acids is 1. The second-order valence-corrected chi connectivity index (χ2v) is 5.82. The van der Waals surface area contributed by atoms with Gasteiger partial charge in [0, 0.05) is 13.0 Å². The number of carbonyl (C=O) groups excluding carboxylic acids is 1. The predicted octanol–water partition coefficient (Wildman–Crippen LogP) is 0.504. The lowest BCUT2D eigenvalue weighted by molar-refractivity contribution is -0.140. The maximum Gasteiger partial charge on any atom is 0.322 e. The van der Waals surface area contributed by atoms with E-state index >= 15 is 0 Å². The number of carbonyl (C=O) groups is 2. The van der Waals surface area contributed by atoms with Crippen molar-refractivity contribution in [2.75, 3.05) is 18.9 Å². The first-order valence-corrected chi connectivity index (χ1v) is 7.87. The first-order valence-electron chi connectivity index (χ1n) is 6.22. The topological polar surface area (TPSA) is 110 Å². The van der Waals surface area contributed by atoms with E-state index in [0.29, 0.717) is 12.8 Å². The number of unbranched alkanes of at least 4 members (excludes halogenated alkanes) is 3. The summed E-state index contributed by atoms with van der Waals surface area (Å²) in [4.78, 5) is 21.2. The average molecular weight is 295 g/mol. The van der Waals surface area contributed by atoms with Crippen LogP contribution >= 0.6 is 0 Å². The van der Waals surface area contributed by atoms with Gasteiger partial charge in [0.15, 0.2) is 5.75 Å². The van der Waals surface area contributed by atoms with Gasteiger partial charge in [-0.1, -0.05) is 12.8 Å². The highest BCUT2D eigenvalue weighted by Crippen LogP contribution is 2.02. The number of ether oxygens (including phenoxy) is 1. The van der Waals surface area contributed by atoms with E-state index in [-0.39, 0.29) is 19.6 Å². The van der Waals surface area contributed by atoms with Crippen molar-refractivity contribution in [3.63, 3.8) is 0 Å². The number of sulfonamides is 1. The van der Waals surface area contributed by atoms with Crippen LogP contribution in [0, 0.1) is 0 Å². The maximum absolute atomic E-state index is 11.4. The number of hydrogen-bond acceptors (Lipinski definition) is 5. The summed E-state index contributed by atoms with van der Waals surface area (Å²) in [6, 6.07) is 0. The van der Waals surface area contributed by atoms with Gasteiger partial charge in [-0.25, -0.2) is 13.1 Å².